The van der Waals surface area contributed by atoms with E-state index in [-0.39, 0.29) is 6.10 Å². The minimum absolute atomic E-state index is 0.197. The monoisotopic (exact) mass is 258 g/mol. The summed E-state index contributed by atoms with van der Waals surface area (Å²) in [6, 6.07) is 0. The molecule has 1 unspecified atom stereocenters. The van der Waals surface area contributed by atoms with Gasteiger partial charge in [0.25, 0.3) is 0 Å². The Labute approximate surface area is 102 Å². The lowest BCUT2D eigenvalue weighted by molar-refractivity contribution is 0.130. The molecule has 2 rings (SSSR count). The molecule has 1 fully saturated rings. The van der Waals surface area contributed by atoms with Crippen molar-refractivity contribution in [2.45, 2.75) is 45.6 Å². The molecule has 0 aromatic carbocycles. The Kier molecular flexibility index (Phi) is 3.95. The van der Waals surface area contributed by atoms with E-state index in [4.69, 9.17) is 13.6 Å². The molecule has 1 saturated carbocycles. The fourth-order valence-electron chi connectivity index (χ4n) is 2.15. The Balaban J connectivity index is 2.10. The SMILES string of the molecule is CC(C)OP1(=O)OC=CC=C(C2CCCC2)O1. The van der Waals surface area contributed by atoms with E-state index in [9.17, 15) is 4.57 Å². The summed E-state index contributed by atoms with van der Waals surface area (Å²) >= 11 is 0. The minimum Gasteiger partial charge on any atom is -0.403 e. The summed E-state index contributed by atoms with van der Waals surface area (Å²) in [5.41, 5.74) is 0. The van der Waals surface area contributed by atoms with Crippen LogP contribution in [0, 0.1) is 5.92 Å². The molecule has 96 valence electrons. The van der Waals surface area contributed by atoms with Crippen LogP contribution >= 0.6 is 7.82 Å². The van der Waals surface area contributed by atoms with E-state index < -0.39 is 7.82 Å². The number of rotatable bonds is 3. The fourth-order valence-corrected chi connectivity index (χ4v) is 3.49. The fraction of sp³-hybridized carbons (Fsp3) is 0.667. The van der Waals surface area contributed by atoms with Gasteiger partial charge in [-0.15, -0.1) is 0 Å². The van der Waals surface area contributed by atoms with E-state index in [1.807, 2.05) is 6.08 Å². The highest BCUT2D eigenvalue weighted by atomic mass is 31.2. The molecule has 2 aliphatic rings. The van der Waals surface area contributed by atoms with Gasteiger partial charge in [-0.25, -0.2) is 4.57 Å². The van der Waals surface area contributed by atoms with E-state index in [0.717, 1.165) is 18.6 Å². The zero-order chi connectivity index (χ0) is 12.3. The average Bonchev–Trinajstić information content (AvgIpc) is 2.69. The van der Waals surface area contributed by atoms with E-state index in [0.29, 0.717) is 5.92 Å². The zero-order valence-corrected chi connectivity index (χ0v) is 11.2. The third-order valence-corrected chi connectivity index (χ3v) is 4.34. The van der Waals surface area contributed by atoms with Gasteiger partial charge in [0.05, 0.1) is 12.4 Å². The molecule has 0 aromatic heterocycles. The van der Waals surface area contributed by atoms with Crippen molar-refractivity contribution >= 4 is 7.82 Å². The first-order chi connectivity index (χ1) is 8.09. The molecule has 0 aromatic rings. The van der Waals surface area contributed by atoms with Crippen LogP contribution in [0.2, 0.25) is 0 Å². The molecule has 0 saturated heterocycles. The molecule has 0 amide bonds. The molecule has 1 aliphatic carbocycles. The van der Waals surface area contributed by atoms with Crippen molar-refractivity contribution in [2.24, 2.45) is 5.92 Å². The van der Waals surface area contributed by atoms with Crippen molar-refractivity contribution < 1.29 is 18.1 Å². The highest BCUT2D eigenvalue weighted by Gasteiger charge is 2.35. The molecule has 0 spiro atoms. The third-order valence-electron chi connectivity index (χ3n) is 2.84. The molecule has 17 heavy (non-hydrogen) atoms. The smallest absolute Gasteiger partial charge is 0.403 e. The zero-order valence-electron chi connectivity index (χ0n) is 10.3. The van der Waals surface area contributed by atoms with E-state index in [2.05, 4.69) is 0 Å². The summed E-state index contributed by atoms with van der Waals surface area (Å²) in [7, 11) is -3.48. The molecule has 0 N–H and O–H groups in total. The van der Waals surface area contributed by atoms with Crippen LogP contribution in [0.3, 0.4) is 0 Å². The van der Waals surface area contributed by atoms with Crippen LogP contribution in [-0.2, 0) is 18.1 Å². The van der Waals surface area contributed by atoms with Crippen molar-refractivity contribution in [3.8, 4) is 0 Å². The molecule has 1 aliphatic heterocycles. The quantitative estimate of drug-likeness (QED) is 0.713. The van der Waals surface area contributed by atoms with Gasteiger partial charge in [0.15, 0.2) is 0 Å². The van der Waals surface area contributed by atoms with Gasteiger partial charge in [0.1, 0.15) is 5.76 Å². The van der Waals surface area contributed by atoms with Gasteiger partial charge in [-0.1, -0.05) is 12.8 Å². The topological polar surface area (TPSA) is 44.8 Å². The van der Waals surface area contributed by atoms with Crippen molar-refractivity contribution in [3.05, 3.63) is 24.2 Å². The van der Waals surface area contributed by atoms with Gasteiger partial charge in [-0.2, -0.15) is 0 Å². The number of phosphoric ester groups is 1. The first kappa shape index (κ1) is 12.7. The summed E-state index contributed by atoms with van der Waals surface area (Å²) in [4.78, 5) is 0. The number of hydrogen-bond donors (Lipinski definition) is 0. The molecule has 0 bridgehead atoms. The van der Waals surface area contributed by atoms with E-state index in [1.165, 1.54) is 19.1 Å². The summed E-state index contributed by atoms with van der Waals surface area (Å²) in [6.07, 6.45) is 9.30. The lowest BCUT2D eigenvalue weighted by atomic mass is 10.1. The lowest BCUT2D eigenvalue weighted by Gasteiger charge is -2.21. The van der Waals surface area contributed by atoms with Gasteiger partial charge < -0.3 is 9.05 Å². The number of hydrogen-bond acceptors (Lipinski definition) is 4. The Morgan fingerprint density at radius 1 is 1.41 bits per heavy atom. The van der Waals surface area contributed by atoms with Gasteiger partial charge in [0, 0.05) is 5.92 Å². The summed E-state index contributed by atoms with van der Waals surface area (Å²) in [5, 5.41) is 0. The molecule has 0 radical (unpaired) electrons. The standard InChI is InChI=1S/C12H19O4P/c1-10(2)15-17(13)14-9-5-8-12(16-17)11-6-3-4-7-11/h5,8-11H,3-4,6-7H2,1-2H3. The molecular formula is C12H19O4P. The van der Waals surface area contributed by atoms with Crippen LogP contribution in [0.4, 0.5) is 0 Å². The van der Waals surface area contributed by atoms with Crippen molar-refractivity contribution in [2.75, 3.05) is 0 Å². The van der Waals surface area contributed by atoms with Crippen molar-refractivity contribution in [3.63, 3.8) is 0 Å². The summed E-state index contributed by atoms with van der Waals surface area (Å²) < 4.78 is 28.1. The summed E-state index contributed by atoms with van der Waals surface area (Å²) in [5.74, 6) is 1.09. The number of allylic oxidation sites excluding steroid dienone is 3. The van der Waals surface area contributed by atoms with Crippen molar-refractivity contribution in [1.82, 2.24) is 0 Å². The van der Waals surface area contributed by atoms with Crippen LogP contribution in [-0.4, -0.2) is 6.10 Å². The Morgan fingerprint density at radius 2 is 2.12 bits per heavy atom. The summed E-state index contributed by atoms with van der Waals surface area (Å²) in [6.45, 7) is 3.61. The first-order valence-electron chi connectivity index (χ1n) is 6.12. The molecule has 1 atom stereocenters. The maximum absolute atomic E-state index is 12.3. The van der Waals surface area contributed by atoms with E-state index >= 15 is 0 Å². The maximum atomic E-state index is 12.3. The first-order valence-corrected chi connectivity index (χ1v) is 7.58. The highest BCUT2D eigenvalue weighted by molar-refractivity contribution is 7.48. The normalized spacial score (nSPS) is 29.7. The van der Waals surface area contributed by atoms with Crippen LogP contribution in [0.25, 0.3) is 0 Å². The average molecular weight is 258 g/mol. The van der Waals surface area contributed by atoms with Crippen LogP contribution in [0.15, 0.2) is 24.2 Å². The lowest BCUT2D eigenvalue weighted by Crippen LogP contribution is -2.07. The predicted octanol–water partition coefficient (Wildman–Crippen LogP) is 4.15. The molecule has 5 heteroatoms. The maximum Gasteiger partial charge on any atom is 0.586 e. The second-order valence-electron chi connectivity index (χ2n) is 4.68. The Morgan fingerprint density at radius 3 is 2.76 bits per heavy atom. The number of phosphoric acid groups is 1. The van der Waals surface area contributed by atoms with E-state index in [1.54, 1.807) is 19.9 Å². The molecule has 1 heterocycles. The van der Waals surface area contributed by atoms with Gasteiger partial charge in [-0.05, 0) is 38.8 Å². The van der Waals surface area contributed by atoms with Gasteiger partial charge in [-0.3, -0.25) is 4.52 Å². The van der Waals surface area contributed by atoms with Crippen LogP contribution < -0.4 is 0 Å². The van der Waals surface area contributed by atoms with Gasteiger partial charge in [0.2, 0.25) is 0 Å². The van der Waals surface area contributed by atoms with Crippen molar-refractivity contribution in [1.29, 1.82) is 0 Å². The largest absolute Gasteiger partial charge is 0.586 e. The molecular weight excluding hydrogens is 239 g/mol. The predicted molar refractivity (Wildman–Crippen MR) is 65.2 cm³/mol. The van der Waals surface area contributed by atoms with Gasteiger partial charge >= 0.3 is 7.82 Å². The second-order valence-corrected chi connectivity index (χ2v) is 6.18. The Bertz CT molecular complexity index is 367. The highest BCUT2D eigenvalue weighted by Crippen LogP contribution is 2.55. The minimum atomic E-state index is -3.48. The Hall–Kier alpha value is -0.730. The second kappa shape index (κ2) is 5.28. The van der Waals surface area contributed by atoms with Crippen LogP contribution in [0.5, 0.6) is 0 Å². The van der Waals surface area contributed by atoms with Crippen LogP contribution in [0.1, 0.15) is 39.5 Å². The third kappa shape index (κ3) is 3.36. The molecule has 4 nitrogen and oxygen atoms in total.